The Labute approximate surface area is 53.6 Å². The van der Waals surface area contributed by atoms with Gasteiger partial charge in [-0.2, -0.15) is 0 Å². The minimum Gasteiger partial charge on any atom is -0.291 e. The van der Waals surface area contributed by atoms with Gasteiger partial charge in [0.2, 0.25) is 0 Å². The fourth-order valence-electron chi connectivity index (χ4n) is 0.271. The molecule has 0 saturated carbocycles. The fourth-order valence-corrected chi connectivity index (χ4v) is 0.404. The number of Topliss-reactive ketones (excluding diaryl/α,β-unsaturated/α-hetero) is 1. The standard InChI is InChI=1S/C5H8ClNO/c1-3-4(8)5(6)7-2/h3H2,1-2H3. The minimum atomic E-state index is -0.103. The van der Waals surface area contributed by atoms with E-state index in [0.29, 0.717) is 6.42 Å². The van der Waals surface area contributed by atoms with Gasteiger partial charge in [-0.05, 0) is 0 Å². The second-order valence-corrected chi connectivity index (χ2v) is 1.65. The normalized spacial score (nSPS) is 11.6. The van der Waals surface area contributed by atoms with Gasteiger partial charge in [-0.1, -0.05) is 18.5 Å². The highest BCUT2D eigenvalue weighted by Gasteiger charge is 2.01. The van der Waals surface area contributed by atoms with Gasteiger partial charge < -0.3 is 0 Å². The molecule has 0 heterocycles. The van der Waals surface area contributed by atoms with Crippen LogP contribution in [0.1, 0.15) is 13.3 Å². The van der Waals surface area contributed by atoms with Crippen LogP contribution in [0.25, 0.3) is 0 Å². The quantitative estimate of drug-likeness (QED) is 0.521. The maximum absolute atomic E-state index is 10.5. The van der Waals surface area contributed by atoms with Crippen molar-refractivity contribution in [3.63, 3.8) is 0 Å². The number of rotatable bonds is 2. The summed E-state index contributed by atoms with van der Waals surface area (Å²) >= 11 is 5.32. The molecule has 0 aromatic heterocycles. The van der Waals surface area contributed by atoms with E-state index in [4.69, 9.17) is 11.6 Å². The molecule has 0 bridgehead atoms. The average molecular weight is 134 g/mol. The number of carbonyl (C=O) groups excluding carboxylic acids is 1. The van der Waals surface area contributed by atoms with E-state index < -0.39 is 0 Å². The number of nitrogens with zero attached hydrogens (tertiary/aromatic N) is 1. The molecule has 0 aliphatic heterocycles. The van der Waals surface area contributed by atoms with Crippen molar-refractivity contribution in [2.75, 3.05) is 7.05 Å². The van der Waals surface area contributed by atoms with Crippen molar-refractivity contribution in [3.8, 4) is 0 Å². The van der Waals surface area contributed by atoms with Crippen molar-refractivity contribution in [1.82, 2.24) is 0 Å². The van der Waals surface area contributed by atoms with E-state index in [1.165, 1.54) is 7.05 Å². The molecule has 0 saturated heterocycles. The molecule has 2 nitrogen and oxygen atoms in total. The second-order valence-electron chi connectivity index (χ2n) is 1.29. The largest absolute Gasteiger partial charge is 0.291 e. The highest BCUT2D eigenvalue weighted by molar-refractivity contribution is 6.83. The summed E-state index contributed by atoms with van der Waals surface area (Å²) in [5.41, 5.74) is 0. The Hall–Kier alpha value is -0.370. The Morgan fingerprint density at radius 2 is 2.25 bits per heavy atom. The topological polar surface area (TPSA) is 29.4 Å². The molecule has 0 atom stereocenters. The maximum Gasteiger partial charge on any atom is 0.192 e. The van der Waals surface area contributed by atoms with Crippen LogP contribution in [0.2, 0.25) is 0 Å². The molecule has 0 spiro atoms. The molecule has 0 aliphatic carbocycles. The number of hydrogen-bond donors (Lipinski definition) is 0. The first-order valence-corrected chi connectivity index (χ1v) is 2.75. The summed E-state index contributed by atoms with van der Waals surface area (Å²) in [6.45, 7) is 1.75. The summed E-state index contributed by atoms with van der Waals surface area (Å²) in [7, 11) is 1.50. The number of carbonyl (C=O) groups is 1. The van der Waals surface area contributed by atoms with Gasteiger partial charge in [-0.15, -0.1) is 0 Å². The van der Waals surface area contributed by atoms with Crippen LogP contribution in [0, 0.1) is 0 Å². The molecule has 0 aromatic rings. The van der Waals surface area contributed by atoms with Crippen LogP contribution in [0.4, 0.5) is 0 Å². The lowest BCUT2D eigenvalue weighted by molar-refractivity contribution is -0.112. The third kappa shape index (κ3) is 2.07. The second kappa shape index (κ2) is 3.61. The average Bonchev–Trinajstić information content (AvgIpc) is 1.84. The fraction of sp³-hybridized carbons (Fsp3) is 0.600. The molecule has 0 aromatic carbocycles. The molecule has 0 aliphatic rings. The lowest BCUT2D eigenvalue weighted by atomic mass is 10.3. The van der Waals surface area contributed by atoms with Gasteiger partial charge in [0.15, 0.2) is 11.0 Å². The molecule has 46 valence electrons. The van der Waals surface area contributed by atoms with E-state index >= 15 is 0 Å². The van der Waals surface area contributed by atoms with Gasteiger partial charge in [-0.25, -0.2) is 0 Å². The molecule has 0 radical (unpaired) electrons. The molecular formula is C5H8ClNO. The summed E-state index contributed by atoms with van der Waals surface area (Å²) in [6, 6.07) is 0. The van der Waals surface area contributed by atoms with E-state index in [1.807, 2.05) is 0 Å². The zero-order valence-electron chi connectivity index (χ0n) is 4.94. The van der Waals surface area contributed by atoms with E-state index in [-0.39, 0.29) is 11.0 Å². The van der Waals surface area contributed by atoms with E-state index in [9.17, 15) is 4.79 Å². The van der Waals surface area contributed by atoms with Crippen molar-refractivity contribution in [1.29, 1.82) is 0 Å². The third-order valence-electron chi connectivity index (χ3n) is 0.748. The Kier molecular flexibility index (Phi) is 3.44. The van der Waals surface area contributed by atoms with Crippen LogP contribution < -0.4 is 0 Å². The monoisotopic (exact) mass is 133 g/mol. The summed E-state index contributed by atoms with van der Waals surface area (Å²) < 4.78 is 0. The molecular weight excluding hydrogens is 126 g/mol. The van der Waals surface area contributed by atoms with Crippen LogP contribution in [-0.4, -0.2) is 18.0 Å². The van der Waals surface area contributed by atoms with Crippen molar-refractivity contribution in [2.45, 2.75) is 13.3 Å². The number of halogens is 1. The van der Waals surface area contributed by atoms with Crippen LogP contribution in [-0.2, 0) is 4.79 Å². The summed E-state index contributed by atoms with van der Waals surface area (Å²) in [5.74, 6) is -0.103. The maximum atomic E-state index is 10.5. The SMILES string of the molecule is CCC(=O)C(Cl)=NC. The Morgan fingerprint density at radius 1 is 1.75 bits per heavy atom. The van der Waals surface area contributed by atoms with Gasteiger partial charge in [0, 0.05) is 13.5 Å². The third-order valence-corrected chi connectivity index (χ3v) is 1.13. The van der Waals surface area contributed by atoms with Gasteiger partial charge in [0.05, 0.1) is 0 Å². The number of aliphatic imine (C=N–C) groups is 1. The Balaban J connectivity index is 3.83. The van der Waals surface area contributed by atoms with Crippen LogP contribution >= 0.6 is 11.6 Å². The molecule has 0 amide bonds. The van der Waals surface area contributed by atoms with Gasteiger partial charge in [0.25, 0.3) is 0 Å². The van der Waals surface area contributed by atoms with Gasteiger partial charge in [0.1, 0.15) is 0 Å². The van der Waals surface area contributed by atoms with Crippen LogP contribution in [0.15, 0.2) is 4.99 Å². The van der Waals surface area contributed by atoms with E-state index in [1.54, 1.807) is 6.92 Å². The van der Waals surface area contributed by atoms with Crippen LogP contribution in [0.5, 0.6) is 0 Å². The summed E-state index contributed by atoms with van der Waals surface area (Å²) in [5, 5.41) is 0.0903. The van der Waals surface area contributed by atoms with Crippen molar-refractivity contribution >= 4 is 22.6 Å². The van der Waals surface area contributed by atoms with Crippen LogP contribution in [0.3, 0.4) is 0 Å². The van der Waals surface area contributed by atoms with E-state index in [0.717, 1.165) is 0 Å². The first-order valence-electron chi connectivity index (χ1n) is 2.37. The molecule has 8 heavy (non-hydrogen) atoms. The lowest BCUT2D eigenvalue weighted by Gasteiger charge is -1.87. The molecule has 0 fully saturated rings. The Bertz CT molecular complexity index is 120. The predicted molar refractivity (Wildman–Crippen MR) is 34.5 cm³/mol. The zero-order valence-corrected chi connectivity index (χ0v) is 5.70. The molecule has 0 N–H and O–H groups in total. The summed E-state index contributed by atoms with van der Waals surface area (Å²) in [4.78, 5) is 14.0. The summed E-state index contributed by atoms with van der Waals surface area (Å²) in [6.07, 6.45) is 0.427. The molecule has 0 rings (SSSR count). The predicted octanol–water partition coefficient (Wildman–Crippen LogP) is 1.23. The minimum absolute atomic E-state index is 0.0903. The highest BCUT2D eigenvalue weighted by Crippen LogP contribution is 1.90. The molecule has 0 unspecified atom stereocenters. The van der Waals surface area contributed by atoms with Gasteiger partial charge >= 0.3 is 0 Å². The number of hydrogen-bond acceptors (Lipinski definition) is 2. The smallest absolute Gasteiger partial charge is 0.192 e. The van der Waals surface area contributed by atoms with Crippen molar-refractivity contribution < 1.29 is 4.79 Å². The zero-order chi connectivity index (χ0) is 6.57. The van der Waals surface area contributed by atoms with Crippen molar-refractivity contribution in [2.24, 2.45) is 4.99 Å². The number of ketones is 1. The van der Waals surface area contributed by atoms with E-state index in [2.05, 4.69) is 4.99 Å². The lowest BCUT2D eigenvalue weighted by Crippen LogP contribution is -2.04. The first kappa shape index (κ1) is 7.63. The van der Waals surface area contributed by atoms with Gasteiger partial charge in [-0.3, -0.25) is 9.79 Å². The first-order chi connectivity index (χ1) is 3.72. The highest BCUT2D eigenvalue weighted by atomic mass is 35.5. The molecule has 3 heteroatoms. The Morgan fingerprint density at radius 3 is 2.38 bits per heavy atom. The van der Waals surface area contributed by atoms with Crippen molar-refractivity contribution in [3.05, 3.63) is 0 Å².